The Kier molecular flexibility index (Phi) is 5.16. The Morgan fingerprint density at radius 3 is 2.21 bits per heavy atom. The minimum absolute atomic E-state index is 0.175. The van der Waals surface area contributed by atoms with Crippen LogP contribution in [0.3, 0.4) is 0 Å². The topological polar surface area (TPSA) is 41.6 Å². The molecule has 0 unspecified atom stereocenters. The number of anilines is 1. The molecule has 4 heteroatoms. The molecule has 4 nitrogen and oxygen atoms in total. The molecule has 0 saturated carbocycles. The Balaban J connectivity index is 1.68. The number of hydrogen-bond donors (Lipinski definition) is 1. The molecule has 1 fully saturated rings. The number of carbonyl (C=O) groups is 1. The van der Waals surface area contributed by atoms with Gasteiger partial charge in [0.05, 0.1) is 7.11 Å². The molecule has 2 aromatic carbocycles. The number of carbonyl (C=O) groups excluding carboxylic acids is 1. The van der Waals surface area contributed by atoms with Crippen LogP contribution < -0.4 is 5.32 Å². The number of rotatable bonds is 5. The third-order valence-corrected chi connectivity index (χ3v) is 4.69. The third kappa shape index (κ3) is 3.77. The molecule has 0 bridgehead atoms. The van der Waals surface area contributed by atoms with Crippen LogP contribution in [-0.2, 0) is 16.1 Å². The highest BCUT2D eigenvalue weighted by Crippen LogP contribution is 2.29. The molecule has 3 rings (SSSR count). The van der Waals surface area contributed by atoms with Gasteiger partial charge in [-0.05, 0) is 30.5 Å². The lowest BCUT2D eigenvalue weighted by atomic mass is 9.86. The van der Waals surface area contributed by atoms with Crippen molar-refractivity contribution < 1.29 is 9.53 Å². The quantitative estimate of drug-likeness (QED) is 0.857. The van der Waals surface area contributed by atoms with Crippen molar-refractivity contribution in [3.05, 3.63) is 66.2 Å². The second kappa shape index (κ2) is 7.49. The first-order valence-corrected chi connectivity index (χ1v) is 8.40. The van der Waals surface area contributed by atoms with Crippen LogP contribution in [0.1, 0.15) is 18.4 Å². The first kappa shape index (κ1) is 16.5. The monoisotopic (exact) mass is 324 g/mol. The van der Waals surface area contributed by atoms with Crippen LogP contribution in [0, 0.1) is 0 Å². The molecule has 1 saturated heterocycles. The lowest BCUT2D eigenvalue weighted by molar-refractivity contribution is -0.147. The number of hydrogen-bond acceptors (Lipinski definition) is 4. The number of nitrogens with one attached hydrogen (secondary N) is 1. The van der Waals surface area contributed by atoms with Crippen molar-refractivity contribution in [3.8, 4) is 0 Å². The minimum Gasteiger partial charge on any atom is -0.467 e. The summed E-state index contributed by atoms with van der Waals surface area (Å²) in [5, 5.41) is 3.43. The maximum Gasteiger partial charge on any atom is 0.331 e. The van der Waals surface area contributed by atoms with Crippen LogP contribution in [0.15, 0.2) is 60.7 Å². The highest BCUT2D eigenvalue weighted by atomic mass is 16.5. The minimum atomic E-state index is -0.636. The Hall–Kier alpha value is -2.33. The molecular formula is C20H24N2O2. The van der Waals surface area contributed by atoms with Crippen LogP contribution >= 0.6 is 0 Å². The van der Waals surface area contributed by atoms with Crippen LogP contribution in [0.5, 0.6) is 0 Å². The van der Waals surface area contributed by atoms with Crippen molar-refractivity contribution in [2.45, 2.75) is 24.9 Å². The van der Waals surface area contributed by atoms with Gasteiger partial charge in [0.25, 0.3) is 0 Å². The van der Waals surface area contributed by atoms with E-state index in [0.717, 1.165) is 38.2 Å². The first-order chi connectivity index (χ1) is 11.7. The Bertz CT molecular complexity index is 650. The predicted molar refractivity (Wildman–Crippen MR) is 95.8 cm³/mol. The molecule has 24 heavy (non-hydrogen) atoms. The molecule has 1 aliphatic rings. The number of para-hydroxylation sites is 1. The molecular weight excluding hydrogens is 300 g/mol. The number of likely N-dealkylation sites (tertiary alicyclic amines) is 1. The highest BCUT2D eigenvalue weighted by Gasteiger charge is 2.42. The Labute approximate surface area is 143 Å². The number of methoxy groups -OCH3 is 1. The number of nitrogens with zero attached hydrogens (tertiary/aromatic N) is 1. The lowest BCUT2D eigenvalue weighted by Gasteiger charge is -2.40. The van der Waals surface area contributed by atoms with E-state index in [1.54, 1.807) is 0 Å². The molecule has 0 amide bonds. The number of esters is 1. The summed E-state index contributed by atoms with van der Waals surface area (Å²) in [6.07, 6.45) is 1.48. The fourth-order valence-corrected chi connectivity index (χ4v) is 3.31. The van der Waals surface area contributed by atoms with E-state index in [-0.39, 0.29) is 5.97 Å². The summed E-state index contributed by atoms with van der Waals surface area (Å²) in [6, 6.07) is 20.3. The molecule has 0 radical (unpaired) electrons. The fraction of sp³-hybridized carbons (Fsp3) is 0.350. The number of piperidine rings is 1. The van der Waals surface area contributed by atoms with Gasteiger partial charge in [-0.3, -0.25) is 4.90 Å². The zero-order chi connectivity index (χ0) is 16.8. The van der Waals surface area contributed by atoms with Crippen molar-refractivity contribution >= 4 is 11.7 Å². The first-order valence-electron chi connectivity index (χ1n) is 8.40. The Morgan fingerprint density at radius 2 is 1.62 bits per heavy atom. The molecule has 0 aliphatic carbocycles. The SMILES string of the molecule is COC(=O)C1(Nc2ccccc2)CCN(Cc2ccccc2)CC1. The smallest absolute Gasteiger partial charge is 0.331 e. The molecule has 126 valence electrons. The molecule has 0 atom stereocenters. The highest BCUT2D eigenvalue weighted by molar-refractivity contribution is 5.84. The van der Waals surface area contributed by atoms with Gasteiger partial charge < -0.3 is 10.1 Å². The molecule has 1 heterocycles. The van der Waals surface area contributed by atoms with Gasteiger partial charge in [-0.2, -0.15) is 0 Å². The van der Waals surface area contributed by atoms with E-state index in [4.69, 9.17) is 4.74 Å². The maximum absolute atomic E-state index is 12.5. The third-order valence-electron chi connectivity index (χ3n) is 4.69. The van der Waals surface area contributed by atoms with Gasteiger partial charge in [-0.15, -0.1) is 0 Å². The molecule has 1 aliphatic heterocycles. The fourth-order valence-electron chi connectivity index (χ4n) is 3.31. The summed E-state index contributed by atoms with van der Waals surface area (Å²) in [5.74, 6) is -0.175. The second-order valence-corrected chi connectivity index (χ2v) is 6.33. The van der Waals surface area contributed by atoms with E-state index in [1.807, 2.05) is 36.4 Å². The molecule has 1 N–H and O–H groups in total. The van der Waals surface area contributed by atoms with E-state index in [0.29, 0.717) is 0 Å². The van der Waals surface area contributed by atoms with E-state index < -0.39 is 5.54 Å². The van der Waals surface area contributed by atoms with Crippen molar-refractivity contribution in [3.63, 3.8) is 0 Å². The molecule has 0 spiro atoms. The average Bonchev–Trinajstić information content (AvgIpc) is 2.64. The zero-order valence-corrected chi connectivity index (χ0v) is 14.1. The van der Waals surface area contributed by atoms with Crippen LogP contribution in [-0.4, -0.2) is 36.6 Å². The van der Waals surface area contributed by atoms with Gasteiger partial charge in [0.15, 0.2) is 0 Å². The van der Waals surface area contributed by atoms with Gasteiger partial charge in [-0.25, -0.2) is 4.79 Å². The van der Waals surface area contributed by atoms with Crippen molar-refractivity contribution in [2.75, 3.05) is 25.5 Å². The predicted octanol–water partition coefficient (Wildman–Crippen LogP) is 3.31. The summed E-state index contributed by atoms with van der Waals surface area (Å²) in [5.41, 5.74) is 1.63. The molecule has 0 aromatic heterocycles. The van der Waals surface area contributed by atoms with Gasteiger partial charge in [0.2, 0.25) is 0 Å². The van der Waals surface area contributed by atoms with Crippen LogP contribution in [0.4, 0.5) is 5.69 Å². The van der Waals surface area contributed by atoms with Gasteiger partial charge in [-0.1, -0.05) is 48.5 Å². The van der Waals surface area contributed by atoms with Crippen molar-refractivity contribution in [1.82, 2.24) is 4.90 Å². The van der Waals surface area contributed by atoms with Crippen LogP contribution in [0.2, 0.25) is 0 Å². The van der Waals surface area contributed by atoms with Gasteiger partial charge in [0, 0.05) is 25.3 Å². The van der Waals surface area contributed by atoms with Gasteiger partial charge >= 0.3 is 5.97 Å². The van der Waals surface area contributed by atoms with Crippen molar-refractivity contribution in [1.29, 1.82) is 0 Å². The van der Waals surface area contributed by atoms with E-state index in [1.165, 1.54) is 12.7 Å². The average molecular weight is 324 g/mol. The lowest BCUT2D eigenvalue weighted by Crippen LogP contribution is -2.54. The molecule has 2 aromatic rings. The zero-order valence-electron chi connectivity index (χ0n) is 14.1. The summed E-state index contributed by atoms with van der Waals surface area (Å²) >= 11 is 0. The van der Waals surface area contributed by atoms with Crippen molar-refractivity contribution in [2.24, 2.45) is 0 Å². The largest absolute Gasteiger partial charge is 0.467 e. The Morgan fingerprint density at radius 1 is 1.04 bits per heavy atom. The van der Waals surface area contributed by atoms with E-state index >= 15 is 0 Å². The van der Waals surface area contributed by atoms with Crippen LogP contribution in [0.25, 0.3) is 0 Å². The van der Waals surface area contributed by atoms with Gasteiger partial charge in [0.1, 0.15) is 5.54 Å². The normalized spacial score (nSPS) is 17.2. The summed E-state index contributed by atoms with van der Waals surface area (Å²) in [4.78, 5) is 14.8. The standard InChI is InChI=1S/C20H24N2O2/c1-24-19(23)20(21-18-10-6-3-7-11-18)12-14-22(15-13-20)16-17-8-4-2-5-9-17/h2-11,21H,12-16H2,1H3. The summed E-state index contributed by atoms with van der Waals surface area (Å²) in [6.45, 7) is 2.65. The summed E-state index contributed by atoms with van der Waals surface area (Å²) in [7, 11) is 1.47. The maximum atomic E-state index is 12.5. The second-order valence-electron chi connectivity index (χ2n) is 6.33. The number of ether oxygens (including phenoxy) is 1. The number of benzene rings is 2. The van der Waals surface area contributed by atoms with E-state index in [9.17, 15) is 4.79 Å². The summed E-state index contributed by atoms with van der Waals surface area (Å²) < 4.78 is 5.10. The van der Waals surface area contributed by atoms with E-state index in [2.05, 4.69) is 34.5 Å².